The molecule has 0 bridgehead atoms. The van der Waals surface area contributed by atoms with Gasteiger partial charge in [0.15, 0.2) is 6.29 Å². The summed E-state index contributed by atoms with van der Waals surface area (Å²) in [5.74, 6) is 0.876. The van der Waals surface area contributed by atoms with Crippen molar-refractivity contribution in [2.24, 2.45) is 0 Å². The molecule has 3 rings (SSSR count). The highest BCUT2D eigenvalue weighted by Crippen LogP contribution is 2.16. The van der Waals surface area contributed by atoms with Gasteiger partial charge in [-0.15, -0.1) is 0 Å². The molecule has 0 saturated heterocycles. The van der Waals surface area contributed by atoms with Crippen LogP contribution in [0.1, 0.15) is 29.2 Å². The largest absolute Gasteiger partial charge is 0.489 e. The molecule has 0 aliphatic rings. The van der Waals surface area contributed by atoms with Gasteiger partial charge in [-0.1, -0.05) is 70.0 Å². The fourth-order valence-electron chi connectivity index (χ4n) is 2.79. The molecule has 0 amide bonds. The molecule has 0 fully saturated rings. The van der Waals surface area contributed by atoms with Crippen LogP contribution in [-0.4, -0.2) is 12.9 Å². The van der Waals surface area contributed by atoms with Crippen LogP contribution in [0.2, 0.25) is 0 Å². The second-order valence-corrected chi connectivity index (χ2v) is 7.96. The smallest absolute Gasteiger partial charge is 0.155 e. The molecule has 2 atom stereocenters. The number of hydrogen-bond acceptors (Lipinski definition) is 3. The highest BCUT2D eigenvalue weighted by Gasteiger charge is 2.04. The van der Waals surface area contributed by atoms with Crippen molar-refractivity contribution in [1.29, 1.82) is 0 Å². The topological polar surface area (TPSA) is 27.7 Å². The summed E-state index contributed by atoms with van der Waals surface area (Å²) in [7, 11) is 0. The molecule has 160 valence electrons. The van der Waals surface area contributed by atoms with Crippen LogP contribution in [0, 0.1) is 6.92 Å². The summed E-state index contributed by atoms with van der Waals surface area (Å²) in [6, 6.07) is 24.7. The van der Waals surface area contributed by atoms with Crippen LogP contribution in [0.15, 0.2) is 77.3 Å². The van der Waals surface area contributed by atoms with Gasteiger partial charge in [0.25, 0.3) is 0 Å². The lowest BCUT2D eigenvalue weighted by Gasteiger charge is -2.14. The first-order chi connectivity index (χ1) is 14.1. The molecule has 0 heterocycles. The van der Waals surface area contributed by atoms with Crippen molar-refractivity contribution in [2.75, 3.05) is 6.61 Å². The normalized spacial score (nSPS) is 11.6. The van der Waals surface area contributed by atoms with E-state index >= 15 is 0 Å². The molecule has 5 heteroatoms. The third-order valence-corrected chi connectivity index (χ3v) is 5.12. The molecule has 0 spiro atoms. The Kier molecular flexibility index (Phi) is 10.5. The van der Waals surface area contributed by atoms with Crippen molar-refractivity contribution >= 4 is 25.8 Å². The minimum Gasteiger partial charge on any atom is -0.489 e. The van der Waals surface area contributed by atoms with Crippen molar-refractivity contribution in [2.45, 2.75) is 39.8 Å². The molecular weight excluding hydrogens is 459 g/mol. The predicted molar refractivity (Wildman–Crippen MR) is 131 cm³/mol. The molecule has 3 aromatic rings. The Morgan fingerprint density at radius 2 is 1.30 bits per heavy atom. The molecule has 30 heavy (non-hydrogen) atoms. The fourth-order valence-corrected chi connectivity index (χ4v) is 3.05. The quantitative estimate of drug-likeness (QED) is 0.240. The van der Waals surface area contributed by atoms with Gasteiger partial charge in [0.2, 0.25) is 0 Å². The summed E-state index contributed by atoms with van der Waals surface area (Å²) in [4.78, 5) is 0. The third kappa shape index (κ3) is 8.57. The van der Waals surface area contributed by atoms with E-state index in [-0.39, 0.29) is 16.2 Å². The third-order valence-electron chi connectivity index (χ3n) is 4.59. The van der Waals surface area contributed by atoms with Crippen LogP contribution in [0.3, 0.4) is 0 Å². The van der Waals surface area contributed by atoms with E-state index in [2.05, 4.69) is 59.3 Å². The zero-order valence-corrected chi connectivity index (χ0v) is 20.6. The summed E-state index contributed by atoms with van der Waals surface area (Å²) in [6.45, 7) is 5.76. The first-order valence-electron chi connectivity index (χ1n) is 9.83. The Labute approximate surface area is 191 Å². The van der Waals surface area contributed by atoms with Gasteiger partial charge in [-0.25, -0.2) is 0 Å². The molecule has 2 unspecified atom stereocenters. The molecule has 0 aromatic heterocycles. The Balaban J connectivity index is 0.00000320. The SMILES string of the molecule is Cc1ccc(COc2ccc(CCOC(C)OCc3ccc(Br)cc3)cc2)cc1.P. The van der Waals surface area contributed by atoms with Crippen LogP contribution in [-0.2, 0) is 29.1 Å². The lowest BCUT2D eigenvalue weighted by atomic mass is 10.1. The molecule has 0 radical (unpaired) electrons. The Bertz CT molecular complexity index is 864. The van der Waals surface area contributed by atoms with Crippen molar-refractivity contribution in [3.05, 3.63) is 99.5 Å². The van der Waals surface area contributed by atoms with Crippen molar-refractivity contribution in [1.82, 2.24) is 0 Å². The van der Waals surface area contributed by atoms with Crippen molar-refractivity contribution < 1.29 is 14.2 Å². The van der Waals surface area contributed by atoms with Gasteiger partial charge in [0, 0.05) is 4.47 Å². The molecule has 0 N–H and O–H groups in total. The van der Waals surface area contributed by atoms with Gasteiger partial charge in [-0.05, 0) is 61.2 Å². The van der Waals surface area contributed by atoms with Gasteiger partial charge < -0.3 is 14.2 Å². The first-order valence-corrected chi connectivity index (χ1v) is 10.6. The number of ether oxygens (including phenoxy) is 3. The number of halogens is 1. The molecular formula is C25H30BrO3P. The van der Waals surface area contributed by atoms with E-state index in [9.17, 15) is 0 Å². The summed E-state index contributed by atoms with van der Waals surface area (Å²) in [5.41, 5.74) is 4.77. The van der Waals surface area contributed by atoms with Crippen LogP contribution < -0.4 is 4.74 Å². The van der Waals surface area contributed by atoms with Gasteiger partial charge in [-0.2, -0.15) is 9.90 Å². The minimum absolute atomic E-state index is 0. The standard InChI is InChI=1S/C25H27BrO3.H3P/c1-19-3-5-22(6-4-19)18-29-25-13-9-21(10-14-25)15-16-27-20(2)28-17-23-7-11-24(26)12-8-23;/h3-14,20H,15-18H2,1-2H3;1H3. The van der Waals surface area contributed by atoms with Crippen LogP contribution in [0.25, 0.3) is 0 Å². The van der Waals surface area contributed by atoms with E-state index < -0.39 is 0 Å². The van der Waals surface area contributed by atoms with Crippen LogP contribution >= 0.6 is 25.8 Å². The average molecular weight is 489 g/mol. The maximum atomic E-state index is 5.86. The average Bonchev–Trinajstić information content (AvgIpc) is 2.74. The Morgan fingerprint density at radius 3 is 1.97 bits per heavy atom. The first kappa shape index (κ1) is 24.6. The number of aryl methyl sites for hydroxylation is 1. The summed E-state index contributed by atoms with van der Waals surface area (Å²) in [6.07, 6.45) is 0.597. The monoisotopic (exact) mass is 488 g/mol. The van der Waals surface area contributed by atoms with E-state index in [1.165, 1.54) is 16.7 Å². The zero-order chi connectivity index (χ0) is 20.5. The van der Waals surface area contributed by atoms with Crippen LogP contribution in [0.4, 0.5) is 0 Å². The Morgan fingerprint density at radius 1 is 0.733 bits per heavy atom. The van der Waals surface area contributed by atoms with Gasteiger partial charge in [-0.3, -0.25) is 0 Å². The Hall–Kier alpha value is -1.71. The summed E-state index contributed by atoms with van der Waals surface area (Å²) >= 11 is 3.43. The second-order valence-electron chi connectivity index (χ2n) is 7.04. The maximum Gasteiger partial charge on any atom is 0.155 e. The van der Waals surface area contributed by atoms with Gasteiger partial charge >= 0.3 is 0 Å². The zero-order valence-electron chi connectivity index (χ0n) is 17.6. The predicted octanol–water partition coefficient (Wildman–Crippen LogP) is 6.52. The molecule has 0 saturated carbocycles. The lowest BCUT2D eigenvalue weighted by Crippen LogP contribution is -2.14. The molecule has 3 aromatic carbocycles. The molecule has 0 aliphatic carbocycles. The van der Waals surface area contributed by atoms with E-state index in [1.54, 1.807) is 0 Å². The number of rotatable bonds is 10. The van der Waals surface area contributed by atoms with E-state index in [1.807, 2.05) is 43.3 Å². The van der Waals surface area contributed by atoms with E-state index in [0.717, 1.165) is 22.2 Å². The van der Waals surface area contributed by atoms with Crippen molar-refractivity contribution in [3.63, 3.8) is 0 Å². The van der Waals surface area contributed by atoms with E-state index in [0.29, 0.717) is 19.8 Å². The van der Waals surface area contributed by atoms with Gasteiger partial charge in [0.05, 0.1) is 13.2 Å². The van der Waals surface area contributed by atoms with Gasteiger partial charge in [0.1, 0.15) is 12.4 Å². The van der Waals surface area contributed by atoms with E-state index in [4.69, 9.17) is 14.2 Å². The number of benzene rings is 3. The fraction of sp³-hybridized carbons (Fsp3) is 0.280. The highest BCUT2D eigenvalue weighted by molar-refractivity contribution is 9.10. The second kappa shape index (κ2) is 12.9. The minimum atomic E-state index is -0.240. The highest BCUT2D eigenvalue weighted by atomic mass is 79.9. The van der Waals surface area contributed by atoms with Crippen molar-refractivity contribution in [3.8, 4) is 5.75 Å². The summed E-state index contributed by atoms with van der Waals surface area (Å²) in [5, 5.41) is 0. The molecule has 3 nitrogen and oxygen atoms in total. The maximum absolute atomic E-state index is 5.86. The van der Waals surface area contributed by atoms with Crippen LogP contribution in [0.5, 0.6) is 5.75 Å². The molecule has 0 aliphatic heterocycles. The summed E-state index contributed by atoms with van der Waals surface area (Å²) < 4.78 is 18.4. The number of hydrogen-bond donors (Lipinski definition) is 0. The lowest BCUT2D eigenvalue weighted by molar-refractivity contribution is -0.137.